The van der Waals surface area contributed by atoms with Crippen molar-refractivity contribution in [2.24, 2.45) is 11.5 Å². The van der Waals surface area contributed by atoms with Gasteiger partial charge in [-0.3, -0.25) is 0 Å². The average molecular weight is 292 g/mol. The zero-order chi connectivity index (χ0) is 15.5. The summed E-state index contributed by atoms with van der Waals surface area (Å²) in [5, 5.41) is 0. The summed E-state index contributed by atoms with van der Waals surface area (Å²) in [6, 6.07) is -0.998. The first-order valence-electron chi connectivity index (χ1n) is 6.19. The van der Waals surface area contributed by atoms with Gasteiger partial charge in [-0.2, -0.15) is 0 Å². The Hall–Kier alpha value is -2.52. The van der Waals surface area contributed by atoms with Crippen LogP contribution in [0.5, 0.6) is 0 Å². The van der Waals surface area contributed by atoms with Gasteiger partial charge in [0, 0.05) is 30.7 Å². The van der Waals surface area contributed by atoms with Gasteiger partial charge >= 0.3 is 11.9 Å². The Balaban J connectivity index is 1.97. The Labute approximate surface area is 120 Å². The summed E-state index contributed by atoms with van der Waals surface area (Å²) in [5.41, 5.74) is 10.6. The lowest BCUT2D eigenvalue weighted by molar-refractivity contribution is -0.164. The van der Waals surface area contributed by atoms with Crippen LogP contribution in [0, 0.1) is 0 Å². The van der Waals surface area contributed by atoms with Crippen molar-refractivity contribution in [1.29, 1.82) is 0 Å². The molecule has 2 atom stereocenters. The highest BCUT2D eigenvalue weighted by Gasteiger charge is 2.37. The van der Waals surface area contributed by atoms with Crippen LogP contribution in [0.25, 0.3) is 0 Å². The fraction of sp³-hybridized carbons (Fsp3) is 0.333. The second-order valence-electron chi connectivity index (χ2n) is 4.74. The molecular formula is C12H16N6O3. The first-order valence-corrected chi connectivity index (χ1v) is 6.19. The Morgan fingerprint density at radius 3 is 2.81 bits per heavy atom. The molecule has 0 aliphatic carbocycles. The molecule has 2 aromatic rings. The van der Waals surface area contributed by atoms with Crippen molar-refractivity contribution >= 4 is 11.9 Å². The standard InChI is InChI=1S/C12H16N6O3/c1-12(14,10-16-2-3-17-10)11(20)21-9(19)8(13)4-7-5-15-6-18-7/h2-3,5-6,8H,4,13-14H2,1H3,(H,15,18)(H,16,17)/t8-,12+/m0/s1. The maximum atomic E-state index is 12.0. The maximum Gasteiger partial charge on any atom is 0.341 e. The molecule has 2 rings (SSSR count). The van der Waals surface area contributed by atoms with Gasteiger partial charge in [-0.1, -0.05) is 0 Å². The molecule has 0 aromatic carbocycles. The van der Waals surface area contributed by atoms with E-state index in [-0.39, 0.29) is 12.2 Å². The van der Waals surface area contributed by atoms with Crippen LogP contribution in [-0.4, -0.2) is 37.9 Å². The molecule has 9 heteroatoms. The van der Waals surface area contributed by atoms with Crippen LogP contribution in [0.3, 0.4) is 0 Å². The van der Waals surface area contributed by atoms with Crippen molar-refractivity contribution in [2.45, 2.75) is 24.9 Å². The van der Waals surface area contributed by atoms with Crippen LogP contribution >= 0.6 is 0 Å². The Kier molecular flexibility index (Phi) is 4.15. The predicted octanol–water partition coefficient (Wildman–Crippen LogP) is -1.05. The maximum absolute atomic E-state index is 12.0. The third-order valence-electron chi connectivity index (χ3n) is 2.90. The van der Waals surface area contributed by atoms with Crippen LogP contribution in [0.15, 0.2) is 24.9 Å². The minimum atomic E-state index is -1.56. The van der Waals surface area contributed by atoms with Crippen LogP contribution in [0.4, 0.5) is 0 Å². The second kappa shape index (κ2) is 5.85. The highest BCUT2D eigenvalue weighted by atomic mass is 16.6. The van der Waals surface area contributed by atoms with E-state index in [9.17, 15) is 9.59 Å². The molecule has 0 spiro atoms. The molecule has 0 unspecified atom stereocenters. The lowest BCUT2D eigenvalue weighted by atomic mass is 10.0. The van der Waals surface area contributed by atoms with Crippen LogP contribution in [0.1, 0.15) is 18.4 Å². The van der Waals surface area contributed by atoms with Gasteiger partial charge in [0.1, 0.15) is 11.9 Å². The molecule has 0 radical (unpaired) electrons. The normalized spacial score (nSPS) is 15.2. The third-order valence-corrected chi connectivity index (χ3v) is 2.90. The van der Waals surface area contributed by atoms with Crippen LogP contribution in [-0.2, 0) is 26.3 Å². The quantitative estimate of drug-likeness (QED) is 0.405. The lowest BCUT2D eigenvalue weighted by Gasteiger charge is -2.20. The van der Waals surface area contributed by atoms with Crippen molar-refractivity contribution in [1.82, 2.24) is 19.9 Å². The molecule has 21 heavy (non-hydrogen) atoms. The van der Waals surface area contributed by atoms with Gasteiger partial charge in [0.2, 0.25) is 0 Å². The highest BCUT2D eigenvalue weighted by Crippen LogP contribution is 2.15. The van der Waals surface area contributed by atoms with Gasteiger partial charge in [-0.25, -0.2) is 19.6 Å². The second-order valence-corrected chi connectivity index (χ2v) is 4.74. The van der Waals surface area contributed by atoms with Crippen molar-refractivity contribution in [3.8, 4) is 0 Å². The first kappa shape index (κ1) is 14.9. The predicted molar refractivity (Wildman–Crippen MR) is 71.5 cm³/mol. The van der Waals surface area contributed by atoms with E-state index in [2.05, 4.69) is 19.9 Å². The van der Waals surface area contributed by atoms with Crippen molar-refractivity contribution in [3.05, 3.63) is 36.4 Å². The van der Waals surface area contributed by atoms with Gasteiger partial charge in [0.05, 0.1) is 6.33 Å². The minimum absolute atomic E-state index is 0.175. The molecule has 0 aliphatic rings. The number of nitrogens with two attached hydrogens (primary N) is 2. The number of esters is 2. The number of carbonyl (C=O) groups excluding carboxylic acids is 2. The van der Waals surface area contributed by atoms with Gasteiger partial charge in [0.15, 0.2) is 5.54 Å². The van der Waals surface area contributed by atoms with E-state index < -0.39 is 23.5 Å². The molecule has 0 fully saturated rings. The molecule has 0 bridgehead atoms. The minimum Gasteiger partial charge on any atom is -0.390 e. The fourth-order valence-electron chi connectivity index (χ4n) is 1.64. The van der Waals surface area contributed by atoms with Crippen LogP contribution < -0.4 is 11.5 Å². The summed E-state index contributed by atoms with van der Waals surface area (Å²) in [6.07, 6.45) is 6.13. The molecule has 2 heterocycles. The molecule has 0 saturated carbocycles. The Bertz CT molecular complexity index is 605. The molecule has 0 saturated heterocycles. The smallest absolute Gasteiger partial charge is 0.341 e. The third kappa shape index (κ3) is 3.33. The van der Waals surface area contributed by atoms with Crippen molar-refractivity contribution in [3.63, 3.8) is 0 Å². The molecule has 9 nitrogen and oxygen atoms in total. The Morgan fingerprint density at radius 2 is 2.24 bits per heavy atom. The summed E-state index contributed by atoms with van der Waals surface area (Å²) < 4.78 is 4.73. The largest absolute Gasteiger partial charge is 0.390 e. The number of nitrogens with zero attached hydrogens (tertiary/aromatic N) is 2. The number of carbonyl (C=O) groups is 2. The van der Waals surface area contributed by atoms with E-state index in [1.807, 2.05) is 0 Å². The van der Waals surface area contributed by atoms with E-state index in [1.54, 1.807) is 0 Å². The molecular weight excluding hydrogens is 276 g/mol. The first-order chi connectivity index (χ1) is 9.91. The van der Waals surface area contributed by atoms with Crippen molar-refractivity contribution < 1.29 is 14.3 Å². The zero-order valence-corrected chi connectivity index (χ0v) is 11.4. The van der Waals surface area contributed by atoms with E-state index in [4.69, 9.17) is 16.2 Å². The number of aromatic nitrogens is 4. The topological polar surface area (TPSA) is 153 Å². The van der Waals surface area contributed by atoms with Gasteiger partial charge in [-0.05, 0) is 6.92 Å². The summed E-state index contributed by atoms with van der Waals surface area (Å²) in [6.45, 7) is 1.39. The number of H-pyrrole nitrogens is 2. The molecule has 2 aromatic heterocycles. The van der Waals surface area contributed by atoms with E-state index >= 15 is 0 Å². The van der Waals surface area contributed by atoms with Gasteiger partial charge in [-0.15, -0.1) is 0 Å². The van der Waals surface area contributed by atoms with Gasteiger partial charge in [0.25, 0.3) is 0 Å². The fourth-order valence-corrected chi connectivity index (χ4v) is 1.64. The number of ether oxygens (including phenoxy) is 1. The van der Waals surface area contributed by atoms with Gasteiger partial charge < -0.3 is 26.2 Å². The van der Waals surface area contributed by atoms with E-state index in [1.165, 1.54) is 31.8 Å². The van der Waals surface area contributed by atoms with Crippen LogP contribution in [0.2, 0.25) is 0 Å². The van der Waals surface area contributed by atoms with Crippen molar-refractivity contribution in [2.75, 3.05) is 0 Å². The van der Waals surface area contributed by atoms with E-state index in [0.717, 1.165) is 0 Å². The number of aromatic amines is 2. The Morgan fingerprint density at radius 1 is 1.48 bits per heavy atom. The SMILES string of the molecule is C[C@](N)(C(=O)OC(=O)[C@@H](N)Cc1cnc[nH]1)c1ncc[nH]1. The zero-order valence-electron chi connectivity index (χ0n) is 11.4. The summed E-state index contributed by atoms with van der Waals surface area (Å²) in [4.78, 5) is 37.0. The number of rotatable bonds is 5. The number of imidazole rings is 2. The molecule has 0 aliphatic heterocycles. The summed E-state index contributed by atoms with van der Waals surface area (Å²) in [5.74, 6) is -1.59. The molecule has 112 valence electrons. The average Bonchev–Trinajstić information content (AvgIpc) is 3.11. The van der Waals surface area contributed by atoms with E-state index in [0.29, 0.717) is 5.69 Å². The lowest BCUT2D eigenvalue weighted by Crippen LogP contribution is -2.47. The highest BCUT2D eigenvalue weighted by molar-refractivity contribution is 5.93. The number of hydrogen-bond donors (Lipinski definition) is 4. The monoisotopic (exact) mass is 292 g/mol. The molecule has 0 amide bonds. The number of nitrogens with one attached hydrogen (secondary N) is 2. The summed E-state index contributed by atoms with van der Waals surface area (Å²) in [7, 11) is 0. The number of hydrogen-bond acceptors (Lipinski definition) is 7. The summed E-state index contributed by atoms with van der Waals surface area (Å²) >= 11 is 0. The molecule has 6 N–H and O–H groups in total.